The van der Waals surface area contributed by atoms with Crippen molar-refractivity contribution in [2.75, 3.05) is 12.8 Å². The van der Waals surface area contributed by atoms with Crippen LogP contribution in [0.25, 0.3) is 0 Å². The summed E-state index contributed by atoms with van der Waals surface area (Å²) in [6.07, 6.45) is 0. The fourth-order valence-electron chi connectivity index (χ4n) is 1.66. The lowest BCUT2D eigenvalue weighted by Crippen LogP contribution is -2.24. The van der Waals surface area contributed by atoms with Crippen LogP contribution in [0.1, 0.15) is 31.9 Å². The highest BCUT2D eigenvalue weighted by Gasteiger charge is 2.16. The predicted molar refractivity (Wildman–Crippen MR) is 80.5 cm³/mol. The minimum atomic E-state index is -0.412. The molecule has 0 aliphatic carbocycles. The fraction of sp³-hybridized carbons (Fsp3) is 0.533. The first-order valence-electron chi connectivity index (χ1n) is 6.40. The average molecular weight is 281 g/mol. The summed E-state index contributed by atoms with van der Waals surface area (Å²) in [6.45, 7) is 8.60. The minimum Gasteiger partial charge on any atom is -0.459 e. The maximum Gasteiger partial charge on any atom is 0.316 e. The molecule has 1 rings (SSSR count). The molecule has 0 fully saturated rings. The highest BCUT2D eigenvalue weighted by atomic mass is 32.2. The first-order chi connectivity index (χ1) is 8.81. The third-order valence-electron chi connectivity index (χ3n) is 2.46. The van der Waals surface area contributed by atoms with Crippen molar-refractivity contribution >= 4 is 17.7 Å². The molecule has 0 spiro atoms. The Morgan fingerprint density at radius 2 is 2.05 bits per heavy atom. The lowest BCUT2D eigenvalue weighted by Gasteiger charge is -2.19. The summed E-state index contributed by atoms with van der Waals surface area (Å²) in [6, 6.07) is 6.26. The minimum absolute atomic E-state index is 0.172. The van der Waals surface area contributed by atoms with Crippen molar-refractivity contribution in [3.8, 4) is 0 Å². The van der Waals surface area contributed by atoms with Crippen molar-refractivity contribution < 1.29 is 9.53 Å². The highest BCUT2D eigenvalue weighted by Crippen LogP contribution is 2.22. The number of hydrogen-bond acceptors (Lipinski definition) is 4. The van der Waals surface area contributed by atoms with Crippen LogP contribution in [0, 0.1) is 6.92 Å². The lowest BCUT2D eigenvalue weighted by atomic mass is 10.1. The van der Waals surface area contributed by atoms with Gasteiger partial charge in [-0.25, -0.2) is 0 Å². The lowest BCUT2D eigenvalue weighted by molar-refractivity contribution is -0.151. The van der Waals surface area contributed by atoms with Crippen LogP contribution in [0.3, 0.4) is 0 Å². The molecule has 0 heterocycles. The Hall–Kier alpha value is -1.00. The van der Waals surface area contributed by atoms with Gasteiger partial charge in [0.05, 0.1) is 5.75 Å². The maximum absolute atomic E-state index is 11.6. The third kappa shape index (κ3) is 6.12. The number of carbonyl (C=O) groups excluding carboxylic acids is 1. The van der Waals surface area contributed by atoms with E-state index in [0.717, 1.165) is 11.4 Å². The van der Waals surface area contributed by atoms with Gasteiger partial charge in [0.2, 0.25) is 0 Å². The van der Waals surface area contributed by atoms with E-state index < -0.39 is 5.60 Å². The van der Waals surface area contributed by atoms with E-state index in [0.29, 0.717) is 5.75 Å². The van der Waals surface area contributed by atoms with E-state index in [9.17, 15) is 4.79 Å². The number of benzene rings is 1. The van der Waals surface area contributed by atoms with Crippen molar-refractivity contribution in [1.29, 1.82) is 0 Å². The first-order valence-corrected chi connectivity index (χ1v) is 7.39. The molecule has 0 saturated carbocycles. The topological polar surface area (TPSA) is 38.3 Å². The van der Waals surface area contributed by atoms with Crippen molar-refractivity contribution in [1.82, 2.24) is 5.32 Å². The Bertz CT molecular complexity index is 438. The standard InChI is InChI=1S/C15H23NO2S/c1-11-8-13(7-6-12(11)9-16-5)19-10-14(17)18-15(2,3)4/h6-8,16H,9-10H2,1-5H3. The summed E-state index contributed by atoms with van der Waals surface area (Å²) in [5, 5.41) is 3.14. The van der Waals surface area contributed by atoms with E-state index in [4.69, 9.17) is 4.74 Å². The van der Waals surface area contributed by atoms with Gasteiger partial charge in [0, 0.05) is 11.4 Å². The van der Waals surface area contributed by atoms with Gasteiger partial charge in [0.15, 0.2) is 0 Å². The SMILES string of the molecule is CNCc1ccc(SCC(=O)OC(C)(C)C)cc1C. The summed E-state index contributed by atoms with van der Waals surface area (Å²) < 4.78 is 5.28. The van der Waals surface area contributed by atoms with Gasteiger partial charge in [-0.15, -0.1) is 11.8 Å². The molecular weight excluding hydrogens is 258 g/mol. The zero-order chi connectivity index (χ0) is 14.5. The maximum atomic E-state index is 11.6. The smallest absolute Gasteiger partial charge is 0.316 e. The van der Waals surface area contributed by atoms with Gasteiger partial charge in [-0.1, -0.05) is 6.07 Å². The Kier molecular flexibility index (Phi) is 5.88. The molecular formula is C15H23NO2S. The molecule has 3 nitrogen and oxygen atoms in total. The van der Waals surface area contributed by atoms with Crippen molar-refractivity contribution in [2.45, 2.75) is 44.7 Å². The van der Waals surface area contributed by atoms with E-state index in [1.54, 1.807) is 0 Å². The van der Waals surface area contributed by atoms with Crippen molar-refractivity contribution in [3.05, 3.63) is 29.3 Å². The van der Waals surface area contributed by atoms with Gasteiger partial charge in [-0.3, -0.25) is 4.79 Å². The second kappa shape index (κ2) is 6.96. The normalized spacial score (nSPS) is 11.4. The van der Waals surface area contributed by atoms with E-state index in [-0.39, 0.29) is 5.97 Å². The molecule has 1 aromatic rings. The van der Waals surface area contributed by atoms with Crippen LogP contribution < -0.4 is 5.32 Å². The number of hydrogen-bond donors (Lipinski definition) is 1. The van der Waals surface area contributed by atoms with E-state index in [1.807, 2.05) is 27.8 Å². The number of thioether (sulfide) groups is 1. The molecule has 0 radical (unpaired) electrons. The highest BCUT2D eigenvalue weighted by molar-refractivity contribution is 8.00. The molecule has 4 heteroatoms. The zero-order valence-electron chi connectivity index (χ0n) is 12.4. The van der Waals surface area contributed by atoms with Gasteiger partial charge in [0.25, 0.3) is 0 Å². The van der Waals surface area contributed by atoms with Gasteiger partial charge in [0.1, 0.15) is 5.60 Å². The summed E-state index contributed by atoms with van der Waals surface area (Å²) in [5.41, 5.74) is 2.11. The van der Waals surface area contributed by atoms with Crippen LogP contribution in [-0.2, 0) is 16.1 Å². The van der Waals surface area contributed by atoms with Crippen LogP contribution in [0.5, 0.6) is 0 Å². The number of nitrogens with one attached hydrogen (secondary N) is 1. The summed E-state index contributed by atoms with van der Waals surface area (Å²) in [4.78, 5) is 12.7. The summed E-state index contributed by atoms with van der Waals surface area (Å²) >= 11 is 1.52. The second-order valence-corrected chi connectivity index (χ2v) is 6.54. The third-order valence-corrected chi connectivity index (χ3v) is 3.43. The quantitative estimate of drug-likeness (QED) is 0.664. The molecule has 0 bridgehead atoms. The Balaban J connectivity index is 2.54. The summed E-state index contributed by atoms with van der Waals surface area (Å²) in [5.74, 6) is 0.177. The number of rotatable bonds is 5. The molecule has 0 atom stereocenters. The Morgan fingerprint density at radius 1 is 1.37 bits per heavy atom. The number of esters is 1. The Morgan fingerprint density at radius 3 is 2.58 bits per heavy atom. The van der Waals surface area contributed by atoms with Crippen molar-refractivity contribution in [2.24, 2.45) is 0 Å². The number of carbonyl (C=O) groups is 1. The van der Waals surface area contributed by atoms with E-state index >= 15 is 0 Å². The molecule has 19 heavy (non-hydrogen) atoms. The number of aryl methyl sites for hydroxylation is 1. The summed E-state index contributed by atoms with van der Waals surface area (Å²) in [7, 11) is 1.94. The van der Waals surface area contributed by atoms with Crippen LogP contribution in [0.2, 0.25) is 0 Å². The first kappa shape index (κ1) is 16.1. The van der Waals surface area contributed by atoms with E-state index in [1.165, 1.54) is 22.9 Å². The molecule has 0 amide bonds. The largest absolute Gasteiger partial charge is 0.459 e. The van der Waals surface area contributed by atoms with Crippen LogP contribution in [0.4, 0.5) is 0 Å². The molecule has 0 unspecified atom stereocenters. The van der Waals surface area contributed by atoms with Gasteiger partial charge >= 0.3 is 5.97 Å². The number of ether oxygens (including phenoxy) is 1. The van der Waals surface area contributed by atoms with E-state index in [2.05, 4.69) is 30.4 Å². The monoisotopic (exact) mass is 281 g/mol. The van der Waals surface area contributed by atoms with Crippen molar-refractivity contribution in [3.63, 3.8) is 0 Å². The molecule has 0 aliphatic heterocycles. The predicted octanol–water partition coefficient (Wildman–Crippen LogP) is 3.15. The average Bonchev–Trinajstić information content (AvgIpc) is 2.27. The molecule has 106 valence electrons. The van der Waals surface area contributed by atoms with Crippen LogP contribution >= 0.6 is 11.8 Å². The Labute approximate surface area is 120 Å². The van der Waals surface area contributed by atoms with Crippen LogP contribution in [0.15, 0.2) is 23.1 Å². The van der Waals surface area contributed by atoms with Gasteiger partial charge in [-0.2, -0.15) is 0 Å². The van der Waals surface area contributed by atoms with Crippen LogP contribution in [-0.4, -0.2) is 24.4 Å². The molecule has 0 saturated heterocycles. The molecule has 1 N–H and O–H groups in total. The molecule has 0 aromatic heterocycles. The zero-order valence-corrected chi connectivity index (χ0v) is 13.2. The second-order valence-electron chi connectivity index (χ2n) is 5.49. The fourth-order valence-corrected chi connectivity index (χ4v) is 2.43. The van der Waals surface area contributed by atoms with Gasteiger partial charge in [-0.05, 0) is 58.0 Å². The molecule has 1 aromatic carbocycles. The molecule has 0 aliphatic rings. The van der Waals surface area contributed by atoms with Gasteiger partial charge < -0.3 is 10.1 Å².